The molecule has 0 saturated carbocycles. The largest absolute Gasteiger partial charge is 0.295 e. The predicted molar refractivity (Wildman–Crippen MR) is 55.6 cm³/mol. The van der Waals surface area contributed by atoms with Gasteiger partial charge in [-0.1, -0.05) is 32.8 Å². The summed E-state index contributed by atoms with van der Waals surface area (Å²) < 4.78 is 0. The van der Waals surface area contributed by atoms with Gasteiger partial charge >= 0.3 is 0 Å². The molecule has 1 aliphatic rings. The van der Waals surface area contributed by atoms with Crippen molar-refractivity contribution in [2.45, 2.75) is 52.9 Å². The Balaban J connectivity index is 2.59. The van der Waals surface area contributed by atoms with E-state index in [9.17, 15) is 4.79 Å². The van der Waals surface area contributed by atoms with Gasteiger partial charge in [-0.3, -0.25) is 4.79 Å². The first-order valence-corrected chi connectivity index (χ1v) is 5.26. The van der Waals surface area contributed by atoms with Crippen molar-refractivity contribution in [3.8, 4) is 0 Å². The highest BCUT2D eigenvalue weighted by atomic mass is 16.1. The number of allylic oxidation sites excluding steroid dienone is 2. The van der Waals surface area contributed by atoms with Crippen LogP contribution in [0, 0.1) is 5.41 Å². The average Bonchev–Trinajstić information content (AvgIpc) is 1.97. The molecule has 0 aliphatic heterocycles. The molecule has 0 atom stereocenters. The number of carbonyl (C=O) groups is 1. The van der Waals surface area contributed by atoms with E-state index >= 15 is 0 Å². The summed E-state index contributed by atoms with van der Waals surface area (Å²) in [5.74, 6) is 0.322. The normalized spacial score (nSPS) is 21.5. The maximum Gasteiger partial charge on any atom is 0.156 e. The van der Waals surface area contributed by atoms with Crippen LogP contribution in [0.4, 0.5) is 0 Å². The lowest BCUT2D eigenvalue weighted by atomic mass is 9.76. The zero-order valence-electron chi connectivity index (χ0n) is 9.02. The van der Waals surface area contributed by atoms with Crippen LogP contribution in [0.3, 0.4) is 0 Å². The third-order valence-corrected chi connectivity index (χ3v) is 2.57. The number of carbonyl (C=O) groups excluding carboxylic acids is 1. The molecule has 0 spiro atoms. The minimum absolute atomic E-state index is 0.203. The van der Waals surface area contributed by atoms with Crippen LogP contribution < -0.4 is 0 Å². The summed E-state index contributed by atoms with van der Waals surface area (Å²) in [5.41, 5.74) is 1.57. The topological polar surface area (TPSA) is 17.1 Å². The van der Waals surface area contributed by atoms with E-state index in [0.717, 1.165) is 19.3 Å². The molecule has 1 rings (SSSR count). The monoisotopic (exact) mass is 180 g/mol. The minimum Gasteiger partial charge on any atom is -0.295 e. The molecule has 0 heterocycles. The first kappa shape index (κ1) is 10.5. The SMILES string of the molecule is CCCCC1=CC(=O)CC(C)(C)C1. The smallest absolute Gasteiger partial charge is 0.156 e. The molecule has 0 unspecified atom stereocenters. The fourth-order valence-electron chi connectivity index (χ4n) is 2.04. The molecule has 0 bridgehead atoms. The van der Waals surface area contributed by atoms with Crippen molar-refractivity contribution in [2.75, 3.05) is 0 Å². The van der Waals surface area contributed by atoms with E-state index in [1.807, 2.05) is 6.08 Å². The molecule has 1 nitrogen and oxygen atoms in total. The van der Waals surface area contributed by atoms with E-state index in [4.69, 9.17) is 0 Å². The van der Waals surface area contributed by atoms with Crippen molar-refractivity contribution >= 4 is 5.78 Å². The fourth-order valence-corrected chi connectivity index (χ4v) is 2.04. The Morgan fingerprint density at radius 2 is 2.08 bits per heavy atom. The highest BCUT2D eigenvalue weighted by Crippen LogP contribution is 2.35. The van der Waals surface area contributed by atoms with Gasteiger partial charge in [-0.2, -0.15) is 0 Å². The number of hydrogen-bond acceptors (Lipinski definition) is 1. The lowest BCUT2D eigenvalue weighted by Gasteiger charge is -2.28. The van der Waals surface area contributed by atoms with Gasteiger partial charge in [0.05, 0.1) is 0 Å². The Labute approximate surface area is 81.2 Å². The zero-order chi connectivity index (χ0) is 9.90. The second kappa shape index (κ2) is 4.08. The van der Waals surface area contributed by atoms with Gasteiger partial charge in [-0.25, -0.2) is 0 Å². The van der Waals surface area contributed by atoms with Crippen molar-refractivity contribution in [3.63, 3.8) is 0 Å². The first-order valence-electron chi connectivity index (χ1n) is 5.26. The summed E-state index contributed by atoms with van der Waals surface area (Å²) in [5, 5.41) is 0. The van der Waals surface area contributed by atoms with Crippen molar-refractivity contribution in [3.05, 3.63) is 11.6 Å². The van der Waals surface area contributed by atoms with Crippen LogP contribution in [0.5, 0.6) is 0 Å². The van der Waals surface area contributed by atoms with Crippen molar-refractivity contribution in [2.24, 2.45) is 5.41 Å². The second-order valence-corrected chi connectivity index (χ2v) is 4.89. The van der Waals surface area contributed by atoms with Gasteiger partial charge in [0.2, 0.25) is 0 Å². The van der Waals surface area contributed by atoms with E-state index < -0.39 is 0 Å². The highest BCUT2D eigenvalue weighted by molar-refractivity contribution is 5.91. The molecular weight excluding hydrogens is 160 g/mol. The molecule has 0 aromatic heterocycles. The Morgan fingerprint density at radius 3 is 2.62 bits per heavy atom. The van der Waals surface area contributed by atoms with E-state index in [1.54, 1.807) is 0 Å². The molecular formula is C12H20O. The maximum atomic E-state index is 11.4. The van der Waals surface area contributed by atoms with E-state index in [1.165, 1.54) is 18.4 Å². The minimum atomic E-state index is 0.203. The molecule has 13 heavy (non-hydrogen) atoms. The third kappa shape index (κ3) is 3.33. The first-order chi connectivity index (χ1) is 6.03. The number of rotatable bonds is 3. The summed E-state index contributed by atoms with van der Waals surface area (Å²) >= 11 is 0. The molecule has 74 valence electrons. The van der Waals surface area contributed by atoms with Crippen molar-refractivity contribution < 1.29 is 4.79 Å². The molecule has 1 aliphatic carbocycles. The van der Waals surface area contributed by atoms with Gasteiger partial charge in [0.25, 0.3) is 0 Å². The van der Waals surface area contributed by atoms with Crippen LogP contribution in [-0.4, -0.2) is 5.78 Å². The van der Waals surface area contributed by atoms with E-state index in [0.29, 0.717) is 5.78 Å². The lowest BCUT2D eigenvalue weighted by Crippen LogP contribution is -2.21. The average molecular weight is 180 g/mol. The van der Waals surface area contributed by atoms with Crippen LogP contribution >= 0.6 is 0 Å². The summed E-state index contributed by atoms with van der Waals surface area (Å²) in [4.78, 5) is 11.4. The van der Waals surface area contributed by atoms with E-state index in [-0.39, 0.29) is 5.41 Å². The molecule has 0 amide bonds. The van der Waals surface area contributed by atoms with Gasteiger partial charge in [0.15, 0.2) is 5.78 Å². The molecule has 1 heteroatoms. The molecule has 0 aromatic rings. The summed E-state index contributed by atoms with van der Waals surface area (Å²) in [6, 6.07) is 0. The predicted octanol–water partition coefficient (Wildman–Crippen LogP) is 3.49. The second-order valence-electron chi connectivity index (χ2n) is 4.89. The zero-order valence-corrected chi connectivity index (χ0v) is 9.02. The molecule has 0 N–H and O–H groups in total. The molecule has 0 radical (unpaired) electrons. The van der Waals surface area contributed by atoms with Crippen LogP contribution in [0.15, 0.2) is 11.6 Å². The summed E-state index contributed by atoms with van der Waals surface area (Å²) in [6.07, 6.45) is 7.26. The Bertz CT molecular complexity index is 223. The highest BCUT2D eigenvalue weighted by Gasteiger charge is 2.26. The van der Waals surface area contributed by atoms with Crippen LogP contribution in [-0.2, 0) is 4.79 Å². The maximum absolute atomic E-state index is 11.4. The standard InChI is InChI=1S/C12H20O/c1-4-5-6-10-7-11(13)9-12(2,3)8-10/h7H,4-6,8-9H2,1-3H3. The fraction of sp³-hybridized carbons (Fsp3) is 0.750. The van der Waals surface area contributed by atoms with E-state index in [2.05, 4.69) is 20.8 Å². The Kier molecular flexibility index (Phi) is 3.29. The summed E-state index contributed by atoms with van der Waals surface area (Å²) in [6.45, 7) is 6.56. The number of hydrogen-bond donors (Lipinski definition) is 0. The molecule has 0 fully saturated rings. The van der Waals surface area contributed by atoms with Crippen LogP contribution in [0.25, 0.3) is 0 Å². The van der Waals surface area contributed by atoms with Crippen molar-refractivity contribution in [1.82, 2.24) is 0 Å². The number of unbranched alkanes of at least 4 members (excludes halogenated alkanes) is 1. The van der Waals surface area contributed by atoms with Crippen molar-refractivity contribution in [1.29, 1.82) is 0 Å². The Hall–Kier alpha value is -0.590. The Morgan fingerprint density at radius 1 is 1.38 bits per heavy atom. The van der Waals surface area contributed by atoms with Gasteiger partial charge in [0.1, 0.15) is 0 Å². The quantitative estimate of drug-likeness (QED) is 0.649. The van der Waals surface area contributed by atoms with Gasteiger partial charge in [0, 0.05) is 6.42 Å². The lowest BCUT2D eigenvalue weighted by molar-refractivity contribution is -0.117. The molecule has 0 aromatic carbocycles. The van der Waals surface area contributed by atoms with Gasteiger partial charge < -0.3 is 0 Å². The number of ketones is 1. The summed E-state index contributed by atoms with van der Waals surface area (Å²) in [7, 11) is 0. The molecule has 0 saturated heterocycles. The van der Waals surface area contributed by atoms with Crippen LogP contribution in [0.1, 0.15) is 52.9 Å². The van der Waals surface area contributed by atoms with Gasteiger partial charge in [-0.05, 0) is 30.8 Å². The van der Waals surface area contributed by atoms with Gasteiger partial charge in [-0.15, -0.1) is 0 Å². The van der Waals surface area contributed by atoms with Crippen LogP contribution in [0.2, 0.25) is 0 Å². The third-order valence-electron chi connectivity index (χ3n) is 2.57.